The molecule has 19 heavy (non-hydrogen) atoms. The van der Waals surface area contributed by atoms with Crippen molar-refractivity contribution < 1.29 is 0 Å². The van der Waals surface area contributed by atoms with Gasteiger partial charge in [-0.3, -0.25) is 0 Å². The summed E-state index contributed by atoms with van der Waals surface area (Å²) in [6.07, 6.45) is 2.23. The van der Waals surface area contributed by atoms with Gasteiger partial charge >= 0.3 is 0 Å². The molecule has 3 heteroatoms. The number of rotatable bonds is 6. The summed E-state index contributed by atoms with van der Waals surface area (Å²) in [6, 6.07) is 15.2. The summed E-state index contributed by atoms with van der Waals surface area (Å²) in [5.41, 5.74) is 2.15. The molecule has 2 aromatic rings. The Bertz CT molecular complexity index is 539. The summed E-state index contributed by atoms with van der Waals surface area (Å²) in [7, 11) is 0. The molecule has 0 saturated carbocycles. The van der Waals surface area contributed by atoms with Crippen LogP contribution in [0.3, 0.4) is 0 Å². The zero-order valence-electron chi connectivity index (χ0n) is 11.1. The van der Waals surface area contributed by atoms with Crippen molar-refractivity contribution in [2.24, 2.45) is 0 Å². The van der Waals surface area contributed by atoms with E-state index in [1.807, 2.05) is 11.4 Å². The number of hydrogen-bond acceptors (Lipinski definition) is 3. The molecule has 0 fully saturated rings. The lowest BCUT2D eigenvalue weighted by atomic mass is 10.1. The molecule has 1 atom stereocenters. The molecule has 98 valence electrons. The molecule has 2 rings (SSSR count). The number of aryl methyl sites for hydroxylation is 1. The molecule has 0 aliphatic heterocycles. The SMILES string of the molecule is CC(CCc1ccccc1)NCc1cc(C#N)cs1. The fourth-order valence-electron chi connectivity index (χ4n) is 1.94. The zero-order chi connectivity index (χ0) is 13.5. The first-order chi connectivity index (χ1) is 9.28. The molecule has 1 unspecified atom stereocenters. The van der Waals surface area contributed by atoms with Crippen molar-refractivity contribution in [3.63, 3.8) is 0 Å². The molecule has 1 heterocycles. The molecule has 1 aromatic heterocycles. The third-order valence-corrected chi connectivity index (χ3v) is 4.05. The van der Waals surface area contributed by atoms with E-state index in [0.29, 0.717) is 6.04 Å². The van der Waals surface area contributed by atoms with Gasteiger partial charge in [0.1, 0.15) is 6.07 Å². The lowest BCUT2D eigenvalue weighted by molar-refractivity contribution is 0.517. The quantitative estimate of drug-likeness (QED) is 0.868. The summed E-state index contributed by atoms with van der Waals surface area (Å²) >= 11 is 1.65. The highest BCUT2D eigenvalue weighted by Gasteiger charge is 2.04. The van der Waals surface area contributed by atoms with E-state index in [1.165, 1.54) is 10.4 Å². The Morgan fingerprint density at radius 2 is 2.11 bits per heavy atom. The minimum atomic E-state index is 0.479. The van der Waals surface area contributed by atoms with E-state index in [4.69, 9.17) is 5.26 Å². The third-order valence-electron chi connectivity index (χ3n) is 3.12. The number of thiophene rings is 1. The maximum absolute atomic E-state index is 8.77. The van der Waals surface area contributed by atoms with Crippen molar-refractivity contribution in [2.75, 3.05) is 0 Å². The summed E-state index contributed by atoms with van der Waals surface area (Å²) in [5.74, 6) is 0. The van der Waals surface area contributed by atoms with Crippen LogP contribution in [0.15, 0.2) is 41.8 Å². The second-order valence-corrected chi connectivity index (χ2v) is 5.72. The molecule has 0 amide bonds. The Labute approximate surface area is 118 Å². The van der Waals surface area contributed by atoms with Crippen LogP contribution in [0.1, 0.15) is 29.3 Å². The molecule has 1 N–H and O–H groups in total. The first kappa shape index (κ1) is 13.8. The van der Waals surface area contributed by atoms with E-state index in [9.17, 15) is 0 Å². The van der Waals surface area contributed by atoms with Gasteiger partial charge in [0.25, 0.3) is 0 Å². The van der Waals surface area contributed by atoms with Gasteiger partial charge in [0.2, 0.25) is 0 Å². The molecule has 2 nitrogen and oxygen atoms in total. The minimum Gasteiger partial charge on any atom is -0.309 e. The van der Waals surface area contributed by atoms with Crippen LogP contribution < -0.4 is 5.32 Å². The maximum Gasteiger partial charge on any atom is 0.100 e. The lowest BCUT2D eigenvalue weighted by Crippen LogP contribution is -2.25. The molecule has 0 bridgehead atoms. The number of benzene rings is 1. The van der Waals surface area contributed by atoms with Crippen LogP contribution in [0.5, 0.6) is 0 Å². The highest BCUT2D eigenvalue weighted by Crippen LogP contribution is 2.14. The molecule has 0 aliphatic rings. The van der Waals surface area contributed by atoms with Crippen LogP contribution in [0, 0.1) is 11.3 Å². The van der Waals surface area contributed by atoms with Crippen LogP contribution in [0.4, 0.5) is 0 Å². The second kappa shape index (κ2) is 7.08. The zero-order valence-corrected chi connectivity index (χ0v) is 11.9. The van der Waals surface area contributed by atoms with Crippen molar-refractivity contribution >= 4 is 11.3 Å². The van der Waals surface area contributed by atoms with Crippen LogP contribution >= 0.6 is 11.3 Å². The highest BCUT2D eigenvalue weighted by molar-refractivity contribution is 7.10. The summed E-state index contributed by atoms with van der Waals surface area (Å²) in [5, 5.41) is 14.2. The third kappa shape index (κ3) is 4.51. The topological polar surface area (TPSA) is 35.8 Å². The van der Waals surface area contributed by atoms with Crippen LogP contribution in [-0.2, 0) is 13.0 Å². The van der Waals surface area contributed by atoms with Crippen molar-refractivity contribution in [1.29, 1.82) is 5.26 Å². The van der Waals surface area contributed by atoms with Gasteiger partial charge in [0.15, 0.2) is 0 Å². The predicted octanol–water partition coefficient (Wildman–Crippen LogP) is 3.73. The monoisotopic (exact) mass is 270 g/mol. The van der Waals surface area contributed by atoms with Gasteiger partial charge in [-0.1, -0.05) is 30.3 Å². The van der Waals surface area contributed by atoms with E-state index in [2.05, 4.69) is 48.6 Å². The maximum atomic E-state index is 8.77. The van der Waals surface area contributed by atoms with E-state index < -0.39 is 0 Å². The number of nitrogens with one attached hydrogen (secondary N) is 1. The summed E-state index contributed by atoms with van der Waals surface area (Å²) in [6.45, 7) is 3.06. The van der Waals surface area contributed by atoms with Crippen LogP contribution in [0.25, 0.3) is 0 Å². The Morgan fingerprint density at radius 3 is 2.79 bits per heavy atom. The normalized spacial score (nSPS) is 12.0. The first-order valence-electron chi connectivity index (χ1n) is 6.53. The minimum absolute atomic E-state index is 0.479. The molecule has 1 aromatic carbocycles. The molecule has 0 aliphatic carbocycles. The largest absolute Gasteiger partial charge is 0.309 e. The highest BCUT2D eigenvalue weighted by atomic mass is 32.1. The van der Waals surface area contributed by atoms with E-state index in [0.717, 1.165) is 24.9 Å². The molecule has 0 saturated heterocycles. The smallest absolute Gasteiger partial charge is 0.100 e. The van der Waals surface area contributed by atoms with Gasteiger partial charge in [0.05, 0.1) is 5.56 Å². The summed E-state index contributed by atoms with van der Waals surface area (Å²) < 4.78 is 0. The lowest BCUT2D eigenvalue weighted by Gasteiger charge is -2.12. The van der Waals surface area contributed by atoms with Crippen molar-refractivity contribution in [1.82, 2.24) is 5.32 Å². The van der Waals surface area contributed by atoms with Gasteiger partial charge in [0, 0.05) is 22.8 Å². The van der Waals surface area contributed by atoms with Gasteiger partial charge < -0.3 is 5.32 Å². The molecule has 0 radical (unpaired) electrons. The molecular formula is C16H18N2S. The molecule has 0 spiro atoms. The van der Waals surface area contributed by atoms with Crippen LogP contribution in [-0.4, -0.2) is 6.04 Å². The predicted molar refractivity (Wildman–Crippen MR) is 80.1 cm³/mol. The Kier molecular flexibility index (Phi) is 5.14. The van der Waals surface area contributed by atoms with E-state index in [-0.39, 0.29) is 0 Å². The Balaban J connectivity index is 1.73. The Morgan fingerprint density at radius 1 is 1.32 bits per heavy atom. The molecular weight excluding hydrogens is 252 g/mol. The summed E-state index contributed by atoms with van der Waals surface area (Å²) in [4.78, 5) is 1.23. The average molecular weight is 270 g/mol. The second-order valence-electron chi connectivity index (χ2n) is 4.72. The van der Waals surface area contributed by atoms with Crippen molar-refractivity contribution in [3.8, 4) is 6.07 Å². The van der Waals surface area contributed by atoms with Crippen molar-refractivity contribution in [2.45, 2.75) is 32.4 Å². The fraction of sp³-hybridized carbons (Fsp3) is 0.312. The van der Waals surface area contributed by atoms with Gasteiger partial charge in [-0.25, -0.2) is 0 Å². The average Bonchev–Trinajstić information content (AvgIpc) is 2.92. The van der Waals surface area contributed by atoms with Gasteiger partial charge in [-0.05, 0) is 31.4 Å². The standard InChI is InChI=1S/C16H18N2S/c1-13(7-8-14-5-3-2-4-6-14)18-11-16-9-15(10-17)12-19-16/h2-6,9,12-13,18H,7-8,11H2,1H3. The van der Waals surface area contributed by atoms with E-state index in [1.54, 1.807) is 11.3 Å². The number of nitriles is 1. The van der Waals surface area contributed by atoms with Gasteiger partial charge in [-0.15, -0.1) is 11.3 Å². The fourth-order valence-corrected chi connectivity index (χ4v) is 2.70. The Hall–Kier alpha value is -1.63. The van der Waals surface area contributed by atoms with Crippen LogP contribution in [0.2, 0.25) is 0 Å². The van der Waals surface area contributed by atoms with E-state index >= 15 is 0 Å². The number of nitrogens with zero attached hydrogens (tertiary/aromatic N) is 1. The van der Waals surface area contributed by atoms with Gasteiger partial charge in [-0.2, -0.15) is 5.26 Å². The number of hydrogen-bond donors (Lipinski definition) is 1. The first-order valence-corrected chi connectivity index (χ1v) is 7.40. The van der Waals surface area contributed by atoms with Crippen molar-refractivity contribution in [3.05, 3.63) is 57.8 Å².